The number of hydrogen-bond acceptors (Lipinski definition) is 7. The molecule has 3 unspecified atom stereocenters. The number of rotatable bonds is 5. The van der Waals surface area contributed by atoms with Gasteiger partial charge < -0.3 is 10.1 Å². The number of aromatic nitrogens is 2. The smallest absolute Gasteiger partial charge is 0.449 e. The van der Waals surface area contributed by atoms with Crippen LogP contribution >= 0.6 is 0 Å². The average molecular weight is 432 g/mol. The molecule has 0 saturated carbocycles. The lowest BCUT2D eigenvalue weighted by Crippen LogP contribution is -2.47. The first-order chi connectivity index (χ1) is 14.8. The Morgan fingerprint density at radius 3 is 2.61 bits per heavy atom. The number of dihydropyridines is 1. The van der Waals surface area contributed by atoms with Gasteiger partial charge in [0.05, 0.1) is 31.2 Å². The zero-order chi connectivity index (χ0) is 22.2. The maximum atomic E-state index is 13.8. The van der Waals surface area contributed by atoms with Crippen molar-refractivity contribution in [1.29, 1.82) is 0 Å². The Morgan fingerprint density at radius 1 is 1.16 bits per heavy atom. The summed E-state index contributed by atoms with van der Waals surface area (Å²) in [7, 11) is 1.50. The number of anilines is 2. The molecular formula is C21H23F3N6O. The molecule has 164 valence electrons. The molecule has 0 saturated heterocycles. The second-order valence-electron chi connectivity index (χ2n) is 7.67. The molecule has 0 fully saturated rings. The Kier molecular flexibility index (Phi) is 5.55. The van der Waals surface area contributed by atoms with Gasteiger partial charge in [0.15, 0.2) is 5.82 Å². The molecular weight excluding hydrogens is 409 g/mol. The van der Waals surface area contributed by atoms with Crippen molar-refractivity contribution in [2.75, 3.05) is 30.4 Å². The van der Waals surface area contributed by atoms with Crippen molar-refractivity contribution in [2.24, 2.45) is 21.8 Å². The molecule has 0 aromatic carbocycles. The van der Waals surface area contributed by atoms with Gasteiger partial charge in [-0.15, -0.1) is 0 Å². The molecule has 3 heterocycles. The molecule has 3 atom stereocenters. The normalized spacial score (nSPS) is 25.4. The van der Waals surface area contributed by atoms with Crippen LogP contribution < -0.4 is 10.2 Å². The molecule has 7 nitrogen and oxygen atoms in total. The highest BCUT2D eigenvalue weighted by Gasteiger charge is 2.51. The number of hydrogen-bond donors (Lipinski definition) is 1. The van der Waals surface area contributed by atoms with Crippen molar-refractivity contribution >= 4 is 23.7 Å². The Morgan fingerprint density at radius 2 is 1.97 bits per heavy atom. The van der Waals surface area contributed by atoms with E-state index >= 15 is 0 Å². The van der Waals surface area contributed by atoms with E-state index in [1.165, 1.54) is 25.1 Å². The fourth-order valence-electron chi connectivity index (χ4n) is 3.91. The summed E-state index contributed by atoms with van der Waals surface area (Å²) >= 11 is 0. The first kappa shape index (κ1) is 21.1. The molecule has 31 heavy (non-hydrogen) atoms. The third kappa shape index (κ3) is 4.06. The zero-order valence-electron chi connectivity index (χ0n) is 17.4. The Bertz CT molecular complexity index is 993. The maximum absolute atomic E-state index is 13.8. The van der Waals surface area contributed by atoms with Gasteiger partial charge in [-0.05, 0) is 29.7 Å². The van der Waals surface area contributed by atoms with E-state index in [2.05, 4.69) is 32.2 Å². The molecule has 2 aliphatic heterocycles. The van der Waals surface area contributed by atoms with Crippen LogP contribution in [0, 0.1) is 11.8 Å². The van der Waals surface area contributed by atoms with Crippen LogP contribution in [0.5, 0.6) is 0 Å². The van der Waals surface area contributed by atoms with E-state index in [1.54, 1.807) is 25.3 Å². The minimum absolute atomic E-state index is 0.0802. The molecule has 0 bridgehead atoms. The van der Waals surface area contributed by atoms with Crippen LogP contribution in [0.1, 0.15) is 13.8 Å². The van der Waals surface area contributed by atoms with E-state index in [1.807, 2.05) is 6.08 Å². The number of nitrogens with zero attached hydrogens (tertiary/aromatic N) is 5. The van der Waals surface area contributed by atoms with E-state index < -0.39 is 18.1 Å². The molecule has 0 amide bonds. The Labute approximate surface area is 178 Å². The van der Waals surface area contributed by atoms with E-state index in [-0.39, 0.29) is 11.7 Å². The number of halogens is 3. The van der Waals surface area contributed by atoms with Crippen LogP contribution in [0.15, 0.2) is 57.6 Å². The number of ether oxygens (including phenoxy) is 1. The number of aliphatic imine (C=N–C) groups is 2. The molecule has 1 aromatic heterocycles. The van der Waals surface area contributed by atoms with Crippen LogP contribution in [-0.2, 0) is 4.74 Å². The predicted octanol–water partition coefficient (Wildman–Crippen LogP) is 3.75. The van der Waals surface area contributed by atoms with E-state index in [0.717, 1.165) is 11.4 Å². The van der Waals surface area contributed by atoms with E-state index in [9.17, 15) is 13.2 Å². The molecule has 1 aliphatic carbocycles. The van der Waals surface area contributed by atoms with Crippen LogP contribution in [-0.4, -0.2) is 54.4 Å². The molecule has 10 heteroatoms. The van der Waals surface area contributed by atoms with Gasteiger partial charge in [-0.3, -0.25) is 9.89 Å². The lowest BCUT2D eigenvalue weighted by atomic mass is 9.92. The Balaban J connectivity index is 1.57. The standard InChI is InChI=1S/C21H23F3N6O/c1-12-8-25-7-6-14(12)9-26-17-10-28-18(11-27-17)30-19-13(2)16(31-3)5-4-15(19)29-20(30)21(22,23)24/h4-7,10-13,19H,8-9H2,1-3H3,(H,26,27). The summed E-state index contributed by atoms with van der Waals surface area (Å²) in [6, 6.07) is -0.669. The number of nitrogens with one attached hydrogen (secondary N) is 1. The van der Waals surface area contributed by atoms with Gasteiger partial charge in [0, 0.05) is 25.2 Å². The van der Waals surface area contributed by atoms with Gasteiger partial charge in [-0.2, -0.15) is 13.2 Å². The Hall–Kier alpha value is -3.17. The first-order valence-electron chi connectivity index (χ1n) is 9.95. The number of alkyl halides is 3. The van der Waals surface area contributed by atoms with E-state index in [0.29, 0.717) is 29.7 Å². The van der Waals surface area contributed by atoms with Crippen LogP contribution in [0.4, 0.5) is 24.8 Å². The highest BCUT2D eigenvalue weighted by Crippen LogP contribution is 2.40. The van der Waals surface area contributed by atoms with Gasteiger partial charge >= 0.3 is 6.18 Å². The van der Waals surface area contributed by atoms with Crippen molar-refractivity contribution in [1.82, 2.24) is 9.97 Å². The van der Waals surface area contributed by atoms with Crippen molar-refractivity contribution < 1.29 is 17.9 Å². The lowest BCUT2D eigenvalue weighted by molar-refractivity contribution is -0.0599. The summed E-state index contributed by atoms with van der Waals surface area (Å²) in [6.07, 6.45) is 5.09. The minimum Gasteiger partial charge on any atom is -0.501 e. The van der Waals surface area contributed by atoms with Gasteiger partial charge in [0.25, 0.3) is 0 Å². The molecule has 0 radical (unpaired) electrons. The van der Waals surface area contributed by atoms with E-state index in [4.69, 9.17) is 4.74 Å². The first-order valence-corrected chi connectivity index (χ1v) is 9.95. The summed E-state index contributed by atoms with van der Waals surface area (Å²) < 4.78 is 46.6. The molecule has 3 aliphatic rings. The summed E-state index contributed by atoms with van der Waals surface area (Å²) in [5.74, 6) is 0.125. The molecule has 4 rings (SSSR count). The number of methoxy groups -OCH3 is 1. The third-order valence-electron chi connectivity index (χ3n) is 5.64. The van der Waals surface area contributed by atoms with Crippen LogP contribution in [0.25, 0.3) is 0 Å². The second-order valence-corrected chi connectivity index (χ2v) is 7.67. The van der Waals surface area contributed by atoms with Gasteiger partial charge in [-0.1, -0.05) is 13.8 Å². The summed E-state index contributed by atoms with van der Waals surface area (Å²) in [5.41, 5.74) is 1.50. The third-order valence-corrected chi connectivity index (χ3v) is 5.64. The topological polar surface area (TPSA) is 75.0 Å². The second kappa shape index (κ2) is 8.16. The fraction of sp³-hybridized carbons (Fsp3) is 0.429. The monoisotopic (exact) mass is 432 g/mol. The van der Waals surface area contributed by atoms with Crippen LogP contribution in [0.2, 0.25) is 0 Å². The van der Waals surface area contributed by atoms with Gasteiger partial charge in [0.2, 0.25) is 5.84 Å². The zero-order valence-corrected chi connectivity index (χ0v) is 17.4. The largest absolute Gasteiger partial charge is 0.501 e. The lowest BCUT2D eigenvalue weighted by Gasteiger charge is -2.33. The average Bonchev–Trinajstić information content (AvgIpc) is 3.15. The van der Waals surface area contributed by atoms with Crippen molar-refractivity contribution in [3.8, 4) is 0 Å². The van der Waals surface area contributed by atoms with Crippen molar-refractivity contribution in [3.63, 3.8) is 0 Å². The fourth-order valence-corrected chi connectivity index (χ4v) is 3.91. The van der Waals surface area contributed by atoms with Crippen molar-refractivity contribution in [2.45, 2.75) is 26.1 Å². The summed E-state index contributed by atoms with van der Waals surface area (Å²) in [5, 5.41) is 3.17. The molecule has 1 aromatic rings. The summed E-state index contributed by atoms with van der Waals surface area (Å²) in [6.45, 7) is 5.19. The molecule has 1 N–H and O–H groups in total. The van der Waals surface area contributed by atoms with Crippen LogP contribution in [0.3, 0.4) is 0 Å². The van der Waals surface area contributed by atoms with Gasteiger partial charge in [-0.25, -0.2) is 15.0 Å². The number of allylic oxidation sites excluding steroid dienone is 3. The number of amidine groups is 1. The SMILES string of the molecule is COC1=CC=C2N=C(C(F)(F)F)N(c3cnc(NCC4=CC=NCC4C)cn3)C2C1C. The minimum atomic E-state index is -4.63. The highest BCUT2D eigenvalue weighted by atomic mass is 19.4. The number of fused-ring (bicyclic) bond motifs is 1. The van der Waals surface area contributed by atoms with Crippen molar-refractivity contribution in [3.05, 3.63) is 47.7 Å². The quantitative estimate of drug-likeness (QED) is 0.767. The maximum Gasteiger partial charge on any atom is 0.449 e. The predicted molar refractivity (Wildman–Crippen MR) is 113 cm³/mol. The molecule has 0 spiro atoms. The highest BCUT2D eigenvalue weighted by molar-refractivity contribution is 6.05. The summed E-state index contributed by atoms with van der Waals surface area (Å²) in [4.78, 5) is 17.7. The van der Waals surface area contributed by atoms with Gasteiger partial charge in [0.1, 0.15) is 11.6 Å².